The maximum absolute atomic E-state index is 15.7. The largest absolute Gasteiger partial charge is 0.390 e. The number of fused-ring (bicyclic) bond motifs is 2. The van der Waals surface area contributed by atoms with E-state index in [4.69, 9.17) is 9.47 Å². The summed E-state index contributed by atoms with van der Waals surface area (Å²) in [6, 6.07) is 7.59. The molecule has 13 rings (SSSR count). The normalized spacial score (nSPS) is 39.7. The lowest BCUT2D eigenvalue weighted by Gasteiger charge is -2.72. The molecule has 1 aromatic carbocycles. The monoisotopic (exact) mass is 954 g/mol. The highest BCUT2D eigenvalue weighted by atomic mass is 16.6. The van der Waals surface area contributed by atoms with Crippen LogP contribution in [-0.2, 0) is 38.4 Å². The van der Waals surface area contributed by atoms with E-state index in [0.717, 1.165) is 76.7 Å². The number of carbonyl (C=O) groups is 2. The third-order valence-corrected chi connectivity index (χ3v) is 22.1. The summed E-state index contributed by atoms with van der Waals surface area (Å²) in [4.78, 5) is 33.8. The number of nitrogens with zero attached hydrogens (tertiary/aromatic N) is 1. The zero-order chi connectivity index (χ0) is 48.8. The Bertz CT molecular complexity index is 2620. The Morgan fingerprint density at radius 2 is 1.64 bits per heavy atom. The Kier molecular flexibility index (Phi) is 11.3. The highest BCUT2D eigenvalue weighted by Crippen LogP contribution is 2.80. The van der Waals surface area contributed by atoms with E-state index < -0.39 is 39.0 Å². The van der Waals surface area contributed by atoms with E-state index >= 15 is 4.79 Å². The first-order valence-electron chi connectivity index (χ1n) is 28.0. The van der Waals surface area contributed by atoms with Crippen molar-refractivity contribution in [1.82, 2.24) is 14.9 Å². The van der Waals surface area contributed by atoms with E-state index in [2.05, 4.69) is 99.2 Å². The molecule has 3 aromatic rings. The minimum atomic E-state index is -1.29. The lowest BCUT2D eigenvalue weighted by molar-refractivity contribution is -0.245. The van der Waals surface area contributed by atoms with Crippen molar-refractivity contribution >= 4 is 22.6 Å². The number of epoxide rings is 1. The highest BCUT2D eigenvalue weighted by Gasteiger charge is 2.77. The van der Waals surface area contributed by atoms with Gasteiger partial charge in [0.1, 0.15) is 11.9 Å². The van der Waals surface area contributed by atoms with E-state index in [0.29, 0.717) is 56.3 Å². The molecule has 0 amide bonds. The van der Waals surface area contributed by atoms with Gasteiger partial charge in [-0.3, -0.25) is 9.59 Å². The van der Waals surface area contributed by atoms with Crippen molar-refractivity contribution < 1.29 is 29.3 Å². The molecule has 2 bridgehead atoms. The first-order chi connectivity index (χ1) is 33.4. The maximum atomic E-state index is 15.7. The summed E-state index contributed by atoms with van der Waals surface area (Å²) in [5.74, 6) is 1.27. The summed E-state index contributed by atoms with van der Waals surface area (Å²) in [6.45, 7) is 16.5. The topological polar surface area (TPSA) is 129 Å². The van der Waals surface area contributed by atoms with Gasteiger partial charge in [-0.1, -0.05) is 77.3 Å². The van der Waals surface area contributed by atoms with Gasteiger partial charge in [-0.05, 0) is 172 Å². The highest BCUT2D eigenvalue weighted by molar-refractivity contribution is 6.02. The summed E-state index contributed by atoms with van der Waals surface area (Å²) in [5, 5.41) is 30.1. The molecule has 378 valence electrons. The number of rotatable bonds is 10. The van der Waals surface area contributed by atoms with Crippen LogP contribution in [-0.4, -0.2) is 81.5 Å². The molecule has 9 nitrogen and oxygen atoms in total. The molecule has 10 aliphatic rings. The number of aliphatic hydroxyl groups is 2. The number of allylic oxidation sites excluding steroid dienone is 2. The van der Waals surface area contributed by atoms with Gasteiger partial charge in [-0.25, -0.2) is 0 Å². The number of benzene rings is 1. The number of ether oxygens (including phenoxy) is 2. The lowest BCUT2D eigenvalue weighted by Crippen LogP contribution is -2.71. The number of H-pyrrole nitrogens is 1. The number of hydrogen-bond donors (Lipinski definition) is 4. The van der Waals surface area contributed by atoms with Crippen molar-refractivity contribution in [3.05, 3.63) is 81.7 Å². The van der Waals surface area contributed by atoms with E-state index in [1.807, 2.05) is 7.05 Å². The fourth-order valence-electron chi connectivity index (χ4n) is 18.8. The summed E-state index contributed by atoms with van der Waals surface area (Å²) in [5.41, 5.74) is 7.24. The fourth-order valence-corrected chi connectivity index (χ4v) is 18.8. The number of hydrogen-bond acceptors (Lipinski definition) is 7. The van der Waals surface area contributed by atoms with Crippen LogP contribution in [0.3, 0.4) is 0 Å². The molecule has 9 heteroatoms. The van der Waals surface area contributed by atoms with Crippen molar-refractivity contribution in [2.75, 3.05) is 26.8 Å². The van der Waals surface area contributed by atoms with E-state index in [1.165, 1.54) is 76.5 Å². The number of aliphatic hydroxyl groups excluding tert-OH is 1. The molecule has 4 saturated carbocycles. The number of nitrogens with one attached hydrogen (secondary N) is 2. The molecule has 5 heterocycles. The van der Waals surface area contributed by atoms with Gasteiger partial charge in [0.2, 0.25) is 0 Å². The number of aromatic amines is 1. The quantitative estimate of drug-likeness (QED) is 0.118. The minimum Gasteiger partial charge on any atom is -0.390 e. The summed E-state index contributed by atoms with van der Waals surface area (Å²) in [6.07, 6.45) is 24.4. The molecule has 2 saturated heterocycles. The molecular formula is C61H83N3O6. The zero-order valence-corrected chi connectivity index (χ0v) is 43.6. The van der Waals surface area contributed by atoms with Crippen molar-refractivity contribution in [2.24, 2.45) is 44.8 Å². The Morgan fingerprint density at radius 1 is 0.914 bits per heavy atom. The molecule has 6 fully saturated rings. The minimum absolute atomic E-state index is 0.114. The Labute approximate surface area is 417 Å². The fraction of sp³-hybridized carbons (Fsp3) is 0.705. The van der Waals surface area contributed by atoms with Crippen molar-refractivity contribution in [1.29, 1.82) is 0 Å². The second-order valence-corrected chi connectivity index (χ2v) is 26.4. The Hall–Kier alpha value is -3.34. The molecule has 3 aliphatic heterocycles. The first-order valence-corrected chi connectivity index (χ1v) is 28.0. The van der Waals surface area contributed by atoms with Crippen LogP contribution in [0.2, 0.25) is 0 Å². The number of aryl methyl sites for hydroxylation is 1. The molecule has 70 heavy (non-hydrogen) atoms. The van der Waals surface area contributed by atoms with Crippen LogP contribution in [0.15, 0.2) is 53.9 Å². The van der Waals surface area contributed by atoms with Crippen LogP contribution < -0.4 is 5.32 Å². The van der Waals surface area contributed by atoms with Gasteiger partial charge in [-0.2, -0.15) is 0 Å². The van der Waals surface area contributed by atoms with Crippen LogP contribution in [0.4, 0.5) is 0 Å². The standard InChI is InChI=1S/C61H83N3O6/c1-55(2)53(70-55)46(66)32-56(3)21-14-40-34-63-51-43(30-37-28-41(38-12-9-8-10-13-38)31-42(29-37)39-17-26-69-27-18-39)35-64(52(40)51)36-44-49-50(56)45(65)33-60(49)19-11-20-61(44,68)54-58(5)22-16-48(67)57(4,24-25-62-7)47(58)15-23-59(54,60)6/h11,20,28-29,31,34-35,38-39,44,46-47,53-54,62-63,66,68H,8-10,12-19,21-27,30,32-33,36H2,1-7H3. The predicted molar refractivity (Wildman–Crippen MR) is 275 cm³/mol. The smallest absolute Gasteiger partial charge is 0.160 e. The third-order valence-electron chi connectivity index (χ3n) is 22.1. The number of Topliss-reactive ketones (excluding diaryl/α,β-unsaturated/α-hetero) is 2. The van der Waals surface area contributed by atoms with Crippen LogP contribution in [0, 0.1) is 44.8 Å². The predicted octanol–water partition coefficient (Wildman–Crippen LogP) is 11.0. The summed E-state index contributed by atoms with van der Waals surface area (Å²) < 4.78 is 14.5. The molecule has 11 unspecified atom stereocenters. The average molecular weight is 954 g/mol. The van der Waals surface area contributed by atoms with Crippen LogP contribution >= 0.6 is 0 Å². The number of ketones is 2. The zero-order valence-electron chi connectivity index (χ0n) is 43.6. The Morgan fingerprint density at radius 3 is 2.36 bits per heavy atom. The van der Waals surface area contributed by atoms with Crippen LogP contribution in [0.1, 0.15) is 184 Å². The maximum Gasteiger partial charge on any atom is 0.160 e. The van der Waals surface area contributed by atoms with E-state index in [9.17, 15) is 15.0 Å². The van der Waals surface area contributed by atoms with Crippen LogP contribution in [0.25, 0.3) is 11.0 Å². The van der Waals surface area contributed by atoms with Crippen molar-refractivity contribution in [2.45, 2.75) is 199 Å². The van der Waals surface area contributed by atoms with Crippen molar-refractivity contribution in [3.8, 4) is 0 Å². The van der Waals surface area contributed by atoms with Gasteiger partial charge in [0.25, 0.3) is 0 Å². The number of carbonyl (C=O) groups excluding carboxylic acids is 2. The van der Waals surface area contributed by atoms with Crippen LogP contribution in [0.5, 0.6) is 0 Å². The molecule has 2 aromatic heterocycles. The van der Waals surface area contributed by atoms with E-state index in [-0.39, 0.29) is 35.1 Å². The molecule has 1 spiro atoms. The van der Waals surface area contributed by atoms with E-state index in [1.54, 1.807) is 0 Å². The van der Waals surface area contributed by atoms with Gasteiger partial charge in [-0.15, -0.1) is 0 Å². The summed E-state index contributed by atoms with van der Waals surface area (Å²) >= 11 is 0. The summed E-state index contributed by atoms with van der Waals surface area (Å²) in [7, 11) is 1.98. The third kappa shape index (κ3) is 6.92. The number of aromatic nitrogens is 2. The molecule has 0 radical (unpaired) electrons. The van der Waals surface area contributed by atoms with Crippen molar-refractivity contribution in [3.63, 3.8) is 0 Å². The Balaban J connectivity index is 1.03. The average Bonchev–Trinajstić information content (AvgIpc) is 3.55. The van der Waals surface area contributed by atoms with Gasteiger partial charge >= 0.3 is 0 Å². The van der Waals surface area contributed by atoms with Gasteiger partial charge in [0.05, 0.1) is 28.3 Å². The van der Waals surface area contributed by atoms with Gasteiger partial charge in [0.15, 0.2) is 5.78 Å². The second kappa shape index (κ2) is 16.6. The van der Waals surface area contributed by atoms with Gasteiger partial charge in [0, 0.05) is 79.7 Å². The van der Waals surface area contributed by atoms with Gasteiger partial charge < -0.3 is 34.6 Å². The lowest BCUT2D eigenvalue weighted by atomic mass is 9.32. The second-order valence-electron chi connectivity index (χ2n) is 26.4. The SMILES string of the molecule is CNCCC1(C)C(=O)CCC2(C)C1CCC1(C)C2C2(O)C=CCC13CC(=O)C1=C3C2Cn2cc(Cc3cc(C4CCCCC4)cc(C4CCOCC4)c3)c3[nH]cc(c32)CCC1(C)CC(O)C1OC1(C)C. The molecule has 4 N–H and O–H groups in total. The first kappa shape index (κ1) is 47.7. The molecule has 7 aliphatic carbocycles. The molecular weight excluding hydrogens is 871 g/mol. The molecule has 11 atom stereocenters.